The van der Waals surface area contributed by atoms with Gasteiger partial charge in [-0.2, -0.15) is 0 Å². The van der Waals surface area contributed by atoms with E-state index in [9.17, 15) is 13.2 Å². The van der Waals surface area contributed by atoms with Crippen molar-refractivity contribution in [2.24, 2.45) is 5.92 Å². The Labute approximate surface area is 130 Å². The Hall–Kier alpha value is -1.27. The Morgan fingerprint density at radius 1 is 1.29 bits per heavy atom. The summed E-state index contributed by atoms with van der Waals surface area (Å²) in [5.41, 5.74) is 1.09. The van der Waals surface area contributed by atoms with Gasteiger partial charge in [-0.15, -0.1) is 0 Å². The number of ether oxygens (including phenoxy) is 1. The number of rotatable bonds is 6. The van der Waals surface area contributed by atoms with Crippen molar-refractivity contribution >= 4 is 25.6 Å². The van der Waals surface area contributed by atoms with Gasteiger partial charge in [0, 0.05) is 17.2 Å². The second-order valence-corrected chi connectivity index (χ2v) is 7.84. The number of amides is 1. The van der Waals surface area contributed by atoms with Crippen molar-refractivity contribution in [2.45, 2.75) is 32.6 Å². The number of hydrogen-bond acceptors (Lipinski definition) is 4. The van der Waals surface area contributed by atoms with Crippen LogP contribution in [0, 0.1) is 19.8 Å². The number of carbonyl (C=O) groups excluding carboxylic acids is 1. The largest absolute Gasteiger partial charge is 0.483 e. The highest BCUT2D eigenvalue weighted by atomic mass is 35.7. The molecule has 0 spiro atoms. The molecule has 0 fully saturated rings. The minimum absolute atomic E-state index is 0.0540. The van der Waals surface area contributed by atoms with Crippen LogP contribution in [-0.4, -0.2) is 27.5 Å². The van der Waals surface area contributed by atoms with Gasteiger partial charge in [0.05, 0.1) is 4.90 Å². The molecule has 118 valence electrons. The lowest BCUT2D eigenvalue weighted by Crippen LogP contribution is -2.31. The van der Waals surface area contributed by atoms with Crippen molar-refractivity contribution in [2.75, 3.05) is 13.2 Å². The van der Waals surface area contributed by atoms with E-state index in [0.717, 1.165) is 0 Å². The Kier molecular flexibility index (Phi) is 6.04. The molecule has 0 bridgehead atoms. The van der Waals surface area contributed by atoms with E-state index >= 15 is 0 Å². The van der Waals surface area contributed by atoms with E-state index in [2.05, 4.69) is 5.32 Å². The average Bonchev–Trinajstić information content (AvgIpc) is 2.35. The second kappa shape index (κ2) is 7.13. The third-order valence-electron chi connectivity index (χ3n) is 2.80. The van der Waals surface area contributed by atoms with Crippen LogP contribution in [0.1, 0.15) is 25.0 Å². The Bertz CT molecular complexity index is 626. The molecule has 0 saturated carbocycles. The average molecular weight is 334 g/mol. The molecule has 1 aromatic carbocycles. The van der Waals surface area contributed by atoms with Gasteiger partial charge < -0.3 is 10.1 Å². The quantitative estimate of drug-likeness (QED) is 0.811. The maximum atomic E-state index is 11.6. The minimum Gasteiger partial charge on any atom is -0.483 e. The van der Waals surface area contributed by atoms with Gasteiger partial charge in [0.2, 0.25) is 0 Å². The summed E-state index contributed by atoms with van der Waals surface area (Å²) in [4.78, 5) is 11.6. The molecule has 0 saturated heterocycles. The molecule has 0 aliphatic rings. The van der Waals surface area contributed by atoms with E-state index in [-0.39, 0.29) is 17.4 Å². The summed E-state index contributed by atoms with van der Waals surface area (Å²) in [6.45, 7) is 7.80. The molecule has 0 aliphatic heterocycles. The lowest BCUT2D eigenvalue weighted by molar-refractivity contribution is -0.123. The van der Waals surface area contributed by atoms with Crippen molar-refractivity contribution in [1.29, 1.82) is 0 Å². The molecule has 1 N–H and O–H groups in total. The third kappa shape index (κ3) is 5.55. The minimum atomic E-state index is -3.78. The molecule has 0 heterocycles. The summed E-state index contributed by atoms with van der Waals surface area (Å²) >= 11 is 0. The van der Waals surface area contributed by atoms with E-state index in [1.165, 1.54) is 6.07 Å². The summed E-state index contributed by atoms with van der Waals surface area (Å²) in [5, 5.41) is 2.74. The first-order valence-electron chi connectivity index (χ1n) is 6.56. The lowest BCUT2D eigenvalue weighted by atomic mass is 10.1. The van der Waals surface area contributed by atoms with Gasteiger partial charge in [0.15, 0.2) is 6.61 Å². The number of benzene rings is 1. The van der Waals surface area contributed by atoms with E-state index in [0.29, 0.717) is 29.3 Å². The van der Waals surface area contributed by atoms with Gasteiger partial charge in [-0.05, 0) is 43.0 Å². The first-order chi connectivity index (χ1) is 9.61. The monoisotopic (exact) mass is 333 g/mol. The summed E-state index contributed by atoms with van der Waals surface area (Å²) in [5.74, 6) is 0.622. The summed E-state index contributed by atoms with van der Waals surface area (Å²) in [7, 11) is 1.57. The summed E-state index contributed by atoms with van der Waals surface area (Å²) in [6.07, 6.45) is 0. The molecule has 5 nitrogen and oxygen atoms in total. The van der Waals surface area contributed by atoms with Crippen LogP contribution in [0.5, 0.6) is 5.75 Å². The molecule has 1 rings (SSSR count). The lowest BCUT2D eigenvalue weighted by Gasteiger charge is -2.13. The highest BCUT2D eigenvalue weighted by molar-refractivity contribution is 8.13. The molecule has 0 aliphatic carbocycles. The fraction of sp³-hybridized carbons (Fsp3) is 0.500. The van der Waals surface area contributed by atoms with Gasteiger partial charge >= 0.3 is 0 Å². The summed E-state index contributed by atoms with van der Waals surface area (Å²) in [6, 6.07) is 3.01. The van der Waals surface area contributed by atoms with Gasteiger partial charge in [-0.25, -0.2) is 8.42 Å². The molecule has 0 aromatic heterocycles. The molecule has 0 atom stereocenters. The summed E-state index contributed by atoms with van der Waals surface area (Å²) < 4.78 is 28.2. The first-order valence-corrected chi connectivity index (χ1v) is 8.87. The standard InChI is InChI=1S/C14H20ClNO4S/c1-9(2)7-16-14(17)8-20-12-5-11(4)13(6-10(12)3)21(15,18)19/h5-6,9H,7-8H2,1-4H3,(H,16,17). The fourth-order valence-electron chi connectivity index (χ4n) is 1.69. The molecule has 7 heteroatoms. The van der Waals surface area contributed by atoms with Crippen LogP contribution in [0.4, 0.5) is 0 Å². The topological polar surface area (TPSA) is 72.5 Å². The second-order valence-electron chi connectivity index (χ2n) is 5.31. The number of hydrogen-bond donors (Lipinski definition) is 1. The number of nitrogens with one attached hydrogen (secondary N) is 1. The fourth-order valence-corrected chi connectivity index (χ4v) is 2.95. The smallest absolute Gasteiger partial charge is 0.261 e. The molecular formula is C14H20ClNO4S. The van der Waals surface area contributed by atoms with Crippen molar-refractivity contribution < 1.29 is 17.9 Å². The SMILES string of the molecule is Cc1cc(S(=O)(=O)Cl)c(C)cc1OCC(=O)NCC(C)C. The highest BCUT2D eigenvalue weighted by Crippen LogP contribution is 2.27. The zero-order valence-electron chi connectivity index (χ0n) is 12.6. The van der Waals surface area contributed by atoms with Crippen LogP contribution in [0.25, 0.3) is 0 Å². The number of aryl methyl sites for hydroxylation is 2. The zero-order valence-corrected chi connectivity index (χ0v) is 14.1. The van der Waals surface area contributed by atoms with Crippen molar-refractivity contribution in [1.82, 2.24) is 5.32 Å². The van der Waals surface area contributed by atoms with E-state index in [1.54, 1.807) is 19.9 Å². The number of halogens is 1. The predicted molar refractivity (Wildman–Crippen MR) is 82.3 cm³/mol. The molecule has 1 amide bonds. The molecule has 0 radical (unpaired) electrons. The Morgan fingerprint density at radius 3 is 2.43 bits per heavy atom. The van der Waals surface area contributed by atoms with Crippen molar-refractivity contribution in [3.63, 3.8) is 0 Å². The first kappa shape index (κ1) is 17.8. The molecular weight excluding hydrogens is 314 g/mol. The van der Waals surface area contributed by atoms with Gasteiger partial charge in [-0.3, -0.25) is 4.79 Å². The maximum Gasteiger partial charge on any atom is 0.261 e. The maximum absolute atomic E-state index is 11.6. The van der Waals surface area contributed by atoms with Crippen LogP contribution >= 0.6 is 10.7 Å². The van der Waals surface area contributed by atoms with Crippen LogP contribution in [0.3, 0.4) is 0 Å². The van der Waals surface area contributed by atoms with Gasteiger partial charge in [0.25, 0.3) is 15.0 Å². The van der Waals surface area contributed by atoms with Gasteiger partial charge in [-0.1, -0.05) is 13.8 Å². The Balaban J connectivity index is 2.78. The third-order valence-corrected chi connectivity index (χ3v) is 4.27. The molecule has 1 aromatic rings. The van der Waals surface area contributed by atoms with Crippen molar-refractivity contribution in [3.8, 4) is 5.75 Å². The van der Waals surface area contributed by atoms with Crippen LogP contribution in [0.2, 0.25) is 0 Å². The van der Waals surface area contributed by atoms with E-state index < -0.39 is 9.05 Å². The van der Waals surface area contributed by atoms with Crippen molar-refractivity contribution in [3.05, 3.63) is 23.3 Å². The van der Waals surface area contributed by atoms with Gasteiger partial charge in [0.1, 0.15) is 5.75 Å². The predicted octanol–water partition coefficient (Wildman–Crippen LogP) is 2.38. The normalized spacial score (nSPS) is 11.5. The molecule has 21 heavy (non-hydrogen) atoms. The molecule has 0 unspecified atom stereocenters. The van der Waals surface area contributed by atoms with Crippen LogP contribution in [0.15, 0.2) is 17.0 Å². The zero-order chi connectivity index (χ0) is 16.2. The van der Waals surface area contributed by atoms with Crippen LogP contribution in [-0.2, 0) is 13.8 Å². The highest BCUT2D eigenvalue weighted by Gasteiger charge is 2.16. The van der Waals surface area contributed by atoms with E-state index in [4.69, 9.17) is 15.4 Å². The number of carbonyl (C=O) groups is 1. The van der Waals surface area contributed by atoms with Crippen LogP contribution < -0.4 is 10.1 Å². The Morgan fingerprint density at radius 2 is 1.90 bits per heavy atom. The van der Waals surface area contributed by atoms with E-state index in [1.807, 2.05) is 13.8 Å².